The predicted molar refractivity (Wildman–Crippen MR) is 75.7 cm³/mol. The molecule has 17 heavy (non-hydrogen) atoms. The Hall–Kier alpha value is -1.54. The average molecular weight is 242 g/mol. The fourth-order valence-corrected chi connectivity index (χ4v) is 2.65. The molecule has 2 aromatic rings. The minimum Gasteiger partial charge on any atom is -0.489 e. The third-order valence-electron chi connectivity index (χ3n) is 2.80. The molecule has 1 nitrogen and oxygen atoms in total. The summed E-state index contributed by atoms with van der Waals surface area (Å²) in [5.74, 6) is 0.951. The molecule has 0 aliphatic heterocycles. The van der Waals surface area contributed by atoms with Gasteiger partial charge in [-0.3, -0.25) is 0 Å². The minimum absolute atomic E-state index is 0.638. The normalized spacial score (nSPS) is 10.5. The topological polar surface area (TPSA) is 9.23 Å². The molecule has 0 saturated heterocycles. The van der Waals surface area contributed by atoms with Gasteiger partial charge in [0.2, 0.25) is 0 Å². The van der Waals surface area contributed by atoms with E-state index in [9.17, 15) is 0 Å². The summed E-state index contributed by atoms with van der Waals surface area (Å²) in [5, 5.41) is 1.48. The maximum atomic E-state index is 5.74. The molecule has 2 aromatic carbocycles. The number of rotatable bonds is 4. The van der Waals surface area contributed by atoms with Crippen molar-refractivity contribution in [2.75, 3.05) is 0 Å². The first kappa shape index (κ1) is 11.9. The van der Waals surface area contributed by atoms with Crippen molar-refractivity contribution in [2.45, 2.75) is 19.7 Å². The van der Waals surface area contributed by atoms with Crippen LogP contribution in [0.4, 0.5) is 0 Å². The van der Waals surface area contributed by atoms with E-state index in [4.69, 9.17) is 4.74 Å². The van der Waals surface area contributed by atoms with Crippen molar-refractivity contribution in [1.82, 2.24) is 0 Å². The fraction of sp³-hybridized carbons (Fsp3) is 0.200. The van der Waals surface area contributed by atoms with Gasteiger partial charge in [-0.05, 0) is 17.7 Å². The van der Waals surface area contributed by atoms with Crippen molar-refractivity contribution in [2.24, 2.45) is 0 Å². The second kappa shape index (κ2) is 5.69. The van der Waals surface area contributed by atoms with Crippen LogP contribution in [0.25, 0.3) is 0 Å². The number of hydrogen-bond acceptors (Lipinski definition) is 1. The van der Waals surface area contributed by atoms with Gasteiger partial charge in [0.05, 0.1) is 8.80 Å². The molecule has 0 aliphatic rings. The Bertz CT molecular complexity index is 448. The molecule has 0 saturated carbocycles. The molecule has 2 rings (SSSR count). The van der Waals surface area contributed by atoms with Gasteiger partial charge in [-0.15, -0.1) is 0 Å². The summed E-state index contributed by atoms with van der Waals surface area (Å²) in [4.78, 5) is 0. The Morgan fingerprint density at radius 2 is 1.53 bits per heavy atom. The summed E-state index contributed by atoms with van der Waals surface area (Å²) in [6.07, 6.45) is 0. The SMILES string of the molecule is C[SiH](C)c1ccc(OCc2ccccc2)cc1. The quantitative estimate of drug-likeness (QED) is 0.749. The molecular formula is C15H18OSi. The summed E-state index contributed by atoms with van der Waals surface area (Å²) in [6.45, 7) is 5.30. The lowest BCUT2D eigenvalue weighted by molar-refractivity contribution is 0.306. The Morgan fingerprint density at radius 3 is 2.12 bits per heavy atom. The number of ether oxygens (including phenoxy) is 1. The van der Waals surface area contributed by atoms with E-state index >= 15 is 0 Å². The summed E-state index contributed by atoms with van der Waals surface area (Å²) in [6, 6.07) is 18.8. The van der Waals surface area contributed by atoms with Crippen LogP contribution in [-0.4, -0.2) is 8.80 Å². The Balaban J connectivity index is 1.96. The van der Waals surface area contributed by atoms with Gasteiger partial charge in [-0.2, -0.15) is 0 Å². The van der Waals surface area contributed by atoms with E-state index in [0.29, 0.717) is 6.61 Å². The van der Waals surface area contributed by atoms with Crippen LogP contribution in [0.15, 0.2) is 54.6 Å². The molecule has 0 amide bonds. The largest absolute Gasteiger partial charge is 0.489 e. The van der Waals surface area contributed by atoms with E-state index in [1.165, 1.54) is 10.8 Å². The highest BCUT2D eigenvalue weighted by molar-refractivity contribution is 6.70. The molecule has 0 N–H and O–H groups in total. The first-order valence-electron chi connectivity index (χ1n) is 6.02. The lowest BCUT2D eigenvalue weighted by Gasteiger charge is -2.08. The summed E-state index contributed by atoms with van der Waals surface area (Å²) in [5.41, 5.74) is 1.20. The van der Waals surface area contributed by atoms with Gasteiger partial charge in [0, 0.05) is 0 Å². The fourth-order valence-electron chi connectivity index (χ4n) is 1.69. The van der Waals surface area contributed by atoms with Crippen molar-refractivity contribution < 1.29 is 4.74 Å². The molecule has 0 fully saturated rings. The molecule has 0 aliphatic carbocycles. The molecule has 0 bridgehead atoms. The van der Waals surface area contributed by atoms with Crippen LogP contribution in [-0.2, 0) is 6.61 Å². The predicted octanol–water partition coefficient (Wildman–Crippen LogP) is 2.96. The number of benzene rings is 2. The van der Waals surface area contributed by atoms with Crippen LogP contribution in [0.3, 0.4) is 0 Å². The molecule has 88 valence electrons. The second-order valence-electron chi connectivity index (χ2n) is 4.50. The van der Waals surface area contributed by atoms with Gasteiger partial charge in [0.15, 0.2) is 0 Å². The second-order valence-corrected chi connectivity index (χ2v) is 7.47. The van der Waals surface area contributed by atoms with E-state index in [1.807, 2.05) is 18.2 Å². The first-order chi connectivity index (χ1) is 8.25. The standard InChI is InChI=1S/C15H18OSi/c1-17(2)15-10-8-14(9-11-15)16-12-13-6-4-3-5-7-13/h3-11,17H,12H2,1-2H3. The molecule has 2 heteroatoms. The van der Waals surface area contributed by atoms with Crippen LogP contribution in [0.5, 0.6) is 5.75 Å². The summed E-state index contributed by atoms with van der Waals surface area (Å²) in [7, 11) is -0.684. The zero-order valence-electron chi connectivity index (χ0n) is 10.4. The van der Waals surface area contributed by atoms with Gasteiger partial charge in [-0.25, -0.2) is 0 Å². The molecule has 0 unspecified atom stereocenters. The van der Waals surface area contributed by atoms with Crippen LogP contribution in [0.2, 0.25) is 13.1 Å². The zero-order valence-corrected chi connectivity index (χ0v) is 11.5. The van der Waals surface area contributed by atoms with Gasteiger partial charge in [-0.1, -0.05) is 60.7 Å². The maximum Gasteiger partial charge on any atom is 0.119 e. The summed E-state index contributed by atoms with van der Waals surface area (Å²) < 4.78 is 5.74. The van der Waals surface area contributed by atoms with Crippen molar-refractivity contribution in [3.63, 3.8) is 0 Å². The monoisotopic (exact) mass is 242 g/mol. The van der Waals surface area contributed by atoms with Crippen molar-refractivity contribution in [3.8, 4) is 5.75 Å². The minimum atomic E-state index is -0.684. The van der Waals surface area contributed by atoms with Crippen LogP contribution < -0.4 is 9.92 Å². The maximum absolute atomic E-state index is 5.74. The van der Waals surface area contributed by atoms with Crippen molar-refractivity contribution in [1.29, 1.82) is 0 Å². The van der Waals surface area contributed by atoms with Crippen molar-refractivity contribution >= 4 is 14.0 Å². The molecule has 0 atom stereocenters. The highest BCUT2D eigenvalue weighted by atomic mass is 28.3. The first-order valence-corrected chi connectivity index (χ1v) is 8.91. The third kappa shape index (κ3) is 3.46. The lowest BCUT2D eigenvalue weighted by atomic mass is 10.2. The van der Waals surface area contributed by atoms with Gasteiger partial charge >= 0.3 is 0 Å². The highest BCUT2D eigenvalue weighted by Gasteiger charge is 2.00. The highest BCUT2D eigenvalue weighted by Crippen LogP contribution is 2.11. The Morgan fingerprint density at radius 1 is 0.882 bits per heavy atom. The molecule has 0 radical (unpaired) electrons. The Kier molecular flexibility index (Phi) is 3.99. The molecule has 0 spiro atoms. The van der Waals surface area contributed by atoms with Gasteiger partial charge in [0.1, 0.15) is 12.4 Å². The average Bonchev–Trinajstić information content (AvgIpc) is 2.38. The van der Waals surface area contributed by atoms with E-state index in [0.717, 1.165) is 5.75 Å². The number of hydrogen-bond donors (Lipinski definition) is 0. The molecule has 0 aromatic heterocycles. The van der Waals surface area contributed by atoms with Crippen LogP contribution in [0.1, 0.15) is 5.56 Å². The smallest absolute Gasteiger partial charge is 0.119 e. The molecular weight excluding hydrogens is 224 g/mol. The molecule has 0 heterocycles. The van der Waals surface area contributed by atoms with E-state index < -0.39 is 8.80 Å². The van der Waals surface area contributed by atoms with E-state index in [1.54, 1.807) is 0 Å². The summed E-state index contributed by atoms with van der Waals surface area (Å²) >= 11 is 0. The van der Waals surface area contributed by atoms with Crippen LogP contribution in [0, 0.1) is 0 Å². The lowest BCUT2D eigenvalue weighted by Crippen LogP contribution is -2.21. The van der Waals surface area contributed by atoms with Crippen molar-refractivity contribution in [3.05, 3.63) is 60.2 Å². The zero-order chi connectivity index (χ0) is 12.1. The third-order valence-corrected chi connectivity index (χ3v) is 4.51. The van der Waals surface area contributed by atoms with E-state index in [2.05, 4.69) is 49.5 Å². The van der Waals surface area contributed by atoms with E-state index in [-0.39, 0.29) is 0 Å². The van der Waals surface area contributed by atoms with Gasteiger partial charge < -0.3 is 4.74 Å². The Labute approximate surface area is 105 Å². The van der Waals surface area contributed by atoms with Crippen LogP contribution >= 0.6 is 0 Å². The van der Waals surface area contributed by atoms with Gasteiger partial charge in [0.25, 0.3) is 0 Å².